The Labute approximate surface area is 378 Å². The van der Waals surface area contributed by atoms with Gasteiger partial charge in [0.1, 0.15) is 13.2 Å². The van der Waals surface area contributed by atoms with Gasteiger partial charge in [0.05, 0.1) is 39.9 Å². The minimum absolute atomic E-state index is 0.00668. The Morgan fingerprint density at radius 1 is 0.590 bits per heavy atom. The third-order valence-electron chi connectivity index (χ3n) is 11.3. The average Bonchev–Trinajstić information content (AvgIpc) is 3.21. The van der Waals surface area contributed by atoms with Gasteiger partial charge in [0, 0.05) is 6.42 Å². The van der Waals surface area contributed by atoms with Crippen molar-refractivity contribution >= 4 is 13.7 Å². The van der Waals surface area contributed by atoms with Gasteiger partial charge in [-0.05, 0) is 57.8 Å². The van der Waals surface area contributed by atoms with E-state index in [1.54, 1.807) is 6.08 Å². The zero-order valence-corrected chi connectivity index (χ0v) is 41.5. The van der Waals surface area contributed by atoms with E-state index in [-0.39, 0.29) is 12.5 Å². The molecule has 3 unspecified atom stereocenters. The molecule has 2 N–H and O–H groups in total. The molecule has 0 aliphatic heterocycles. The summed E-state index contributed by atoms with van der Waals surface area (Å²) in [5, 5.41) is 13.8. The summed E-state index contributed by atoms with van der Waals surface area (Å²) in [5.74, 6) is -0.208. The number of nitrogens with zero attached hydrogens (tertiary/aromatic N) is 1. The van der Waals surface area contributed by atoms with Crippen LogP contribution in [0.2, 0.25) is 0 Å². The van der Waals surface area contributed by atoms with E-state index >= 15 is 0 Å². The first-order valence-electron chi connectivity index (χ1n) is 25.5. The number of phosphoric acid groups is 1. The van der Waals surface area contributed by atoms with Crippen LogP contribution in [-0.4, -0.2) is 68.5 Å². The highest BCUT2D eigenvalue weighted by atomic mass is 31.2. The van der Waals surface area contributed by atoms with Crippen LogP contribution in [0.25, 0.3) is 0 Å². The fourth-order valence-electron chi connectivity index (χ4n) is 7.27. The summed E-state index contributed by atoms with van der Waals surface area (Å²) in [6.07, 6.45) is 56.0. The number of carbonyl (C=O) groups excluding carboxylic acids is 1. The van der Waals surface area contributed by atoms with Crippen molar-refractivity contribution in [3.63, 3.8) is 0 Å². The normalized spacial score (nSPS) is 14.5. The molecular weight excluding hydrogens is 780 g/mol. The molecule has 8 nitrogen and oxygen atoms in total. The monoisotopic (exact) mass is 879 g/mol. The van der Waals surface area contributed by atoms with Crippen molar-refractivity contribution in [3.8, 4) is 0 Å². The van der Waals surface area contributed by atoms with Crippen molar-refractivity contribution in [3.05, 3.63) is 48.6 Å². The number of likely N-dealkylation sites (N-methyl/N-ethyl adjacent to an activating group) is 1. The number of rotatable bonds is 46. The zero-order chi connectivity index (χ0) is 45.0. The molecule has 0 fully saturated rings. The summed E-state index contributed by atoms with van der Waals surface area (Å²) < 4.78 is 23.3. The number of carbonyl (C=O) groups is 1. The number of hydrogen-bond donors (Lipinski definition) is 2. The Kier molecular flexibility index (Phi) is 42.6. The molecule has 0 aromatic carbocycles. The molecule has 9 heteroatoms. The van der Waals surface area contributed by atoms with Crippen LogP contribution in [-0.2, 0) is 18.4 Å². The molecule has 0 rings (SSSR count). The third-order valence-corrected chi connectivity index (χ3v) is 12.2. The lowest BCUT2D eigenvalue weighted by molar-refractivity contribution is -0.870. The van der Waals surface area contributed by atoms with Crippen LogP contribution in [0.5, 0.6) is 0 Å². The van der Waals surface area contributed by atoms with Crippen molar-refractivity contribution in [2.24, 2.45) is 0 Å². The second-order valence-electron chi connectivity index (χ2n) is 18.5. The van der Waals surface area contributed by atoms with Crippen LogP contribution in [0.15, 0.2) is 48.6 Å². The van der Waals surface area contributed by atoms with Gasteiger partial charge in [-0.1, -0.05) is 210 Å². The van der Waals surface area contributed by atoms with E-state index in [1.807, 2.05) is 27.2 Å². The molecule has 0 radical (unpaired) electrons. The van der Waals surface area contributed by atoms with E-state index in [9.17, 15) is 19.4 Å². The van der Waals surface area contributed by atoms with Gasteiger partial charge in [-0.25, -0.2) is 0 Å². The standard InChI is InChI=1S/C52H99N2O6P/c1-6-8-10-12-14-16-18-20-22-24-26-27-28-30-32-34-36-38-40-42-44-46-52(56)53-50(49-60-61(57,58)59-48-47-54(3,4)5)51(55)45-43-41-39-37-35-33-31-29-25-23-21-19-17-15-13-11-9-7-2/h8,10,14,16,35,37,43,45,50-51,55H,6-7,9,11-13,15,17-34,36,38-42,44,46-49H2,1-5H3,(H-,53,56,57,58)/b10-8-,16-14-,37-35+,45-43+. The molecule has 1 amide bonds. The van der Waals surface area contributed by atoms with Crippen molar-refractivity contribution in [2.45, 2.75) is 238 Å². The second kappa shape index (κ2) is 43.7. The Morgan fingerprint density at radius 3 is 1.51 bits per heavy atom. The molecular formula is C52H99N2O6P. The molecule has 0 spiro atoms. The van der Waals surface area contributed by atoms with E-state index in [1.165, 1.54) is 154 Å². The lowest BCUT2D eigenvalue weighted by Crippen LogP contribution is -2.45. The SMILES string of the molecule is CC/C=C\C/C=C\CCCCCCCCCCCCCCCCC(=O)NC(COP(=O)([O-])OCC[N+](C)(C)C)C(O)/C=C/CC/C=C/CCCCCCCCCCCCCC. The van der Waals surface area contributed by atoms with E-state index in [0.717, 1.165) is 51.4 Å². The molecule has 0 saturated heterocycles. The smallest absolute Gasteiger partial charge is 0.268 e. The van der Waals surface area contributed by atoms with Crippen molar-refractivity contribution in [1.82, 2.24) is 5.32 Å². The van der Waals surface area contributed by atoms with Gasteiger partial charge in [-0.15, -0.1) is 0 Å². The van der Waals surface area contributed by atoms with E-state index in [2.05, 4.69) is 55.6 Å². The highest BCUT2D eigenvalue weighted by Gasteiger charge is 2.23. The van der Waals surface area contributed by atoms with Crippen molar-refractivity contribution in [1.29, 1.82) is 0 Å². The molecule has 358 valence electrons. The quantitative estimate of drug-likeness (QED) is 0.0273. The summed E-state index contributed by atoms with van der Waals surface area (Å²) in [6, 6.07) is -0.903. The van der Waals surface area contributed by atoms with E-state index in [0.29, 0.717) is 17.4 Å². The molecule has 0 aliphatic carbocycles. The van der Waals surface area contributed by atoms with Gasteiger partial charge in [0.25, 0.3) is 7.82 Å². The van der Waals surface area contributed by atoms with Gasteiger partial charge in [-0.2, -0.15) is 0 Å². The Bertz CT molecular complexity index is 1130. The zero-order valence-electron chi connectivity index (χ0n) is 40.6. The Hall–Kier alpha value is -1.54. The number of unbranched alkanes of at least 4 members (excludes halogenated alkanes) is 27. The number of allylic oxidation sites excluding steroid dienone is 7. The first kappa shape index (κ1) is 59.5. The first-order valence-corrected chi connectivity index (χ1v) is 27.0. The van der Waals surface area contributed by atoms with Crippen LogP contribution in [0.4, 0.5) is 0 Å². The molecule has 0 aliphatic rings. The molecule has 0 aromatic rings. The van der Waals surface area contributed by atoms with Crippen LogP contribution < -0.4 is 10.2 Å². The summed E-state index contributed by atoms with van der Waals surface area (Å²) in [7, 11) is 1.24. The van der Waals surface area contributed by atoms with Crippen molar-refractivity contribution in [2.75, 3.05) is 40.9 Å². The Morgan fingerprint density at radius 2 is 1.02 bits per heavy atom. The van der Waals surface area contributed by atoms with Gasteiger partial charge in [-0.3, -0.25) is 9.36 Å². The molecule has 0 bridgehead atoms. The number of aliphatic hydroxyl groups is 1. The minimum atomic E-state index is -4.60. The molecule has 0 heterocycles. The van der Waals surface area contributed by atoms with E-state index < -0.39 is 26.6 Å². The highest BCUT2D eigenvalue weighted by molar-refractivity contribution is 7.45. The van der Waals surface area contributed by atoms with Crippen LogP contribution in [0.1, 0.15) is 226 Å². The summed E-state index contributed by atoms with van der Waals surface area (Å²) in [4.78, 5) is 25.4. The molecule has 0 saturated carbocycles. The highest BCUT2D eigenvalue weighted by Crippen LogP contribution is 2.38. The number of phosphoric ester groups is 1. The van der Waals surface area contributed by atoms with Gasteiger partial charge in [0.15, 0.2) is 0 Å². The maximum absolute atomic E-state index is 12.9. The van der Waals surface area contributed by atoms with Crippen LogP contribution in [0.3, 0.4) is 0 Å². The first-order chi connectivity index (χ1) is 29.5. The largest absolute Gasteiger partial charge is 0.756 e. The van der Waals surface area contributed by atoms with Crippen LogP contribution >= 0.6 is 7.82 Å². The number of nitrogens with one attached hydrogen (secondary N) is 1. The second-order valence-corrected chi connectivity index (χ2v) is 19.9. The molecule has 61 heavy (non-hydrogen) atoms. The van der Waals surface area contributed by atoms with E-state index in [4.69, 9.17) is 9.05 Å². The van der Waals surface area contributed by atoms with Crippen molar-refractivity contribution < 1.29 is 32.9 Å². The summed E-state index contributed by atoms with van der Waals surface area (Å²) in [5.41, 5.74) is 0. The topological polar surface area (TPSA) is 108 Å². The number of hydrogen-bond acceptors (Lipinski definition) is 6. The van der Waals surface area contributed by atoms with Gasteiger partial charge >= 0.3 is 0 Å². The predicted molar refractivity (Wildman–Crippen MR) is 261 cm³/mol. The maximum atomic E-state index is 12.9. The average molecular weight is 879 g/mol. The maximum Gasteiger partial charge on any atom is 0.268 e. The summed E-state index contributed by atoms with van der Waals surface area (Å²) >= 11 is 0. The third kappa shape index (κ3) is 46.3. The number of quaternary nitrogens is 1. The fraction of sp³-hybridized carbons (Fsp3) is 0.827. The molecule has 0 aromatic heterocycles. The predicted octanol–water partition coefficient (Wildman–Crippen LogP) is 14.2. The van der Waals surface area contributed by atoms with Gasteiger partial charge < -0.3 is 28.8 Å². The fourth-order valence-corrected chi connectivity index (χ4v) is 7.99. The van der Waals surface area contributed by atoms with Crippen LogP contribution in [0, 0.1) is 0 Å². The minimum Gasteiger partial charge on any atom is -0.756 e. The summed E-state index contributed by atoms with van der Waals surface area (Å²) in [6.45, 7) is 4.54. The lowest BCUT2D eigenvalue weighted by Gasteiger charge is -2.29. The molecule has 3 atom stereocenters. The number of aliphatic hydroxyl groups excluding tert-OH is 1. The lowest BCUT2D eigenvalue weighted by atomic mass is 10.0. The Balaban J connectivity index is 4.33. The van der Waals surface area contributed by atoms with Gasteiger partial charge in [0.2, 0.25) is 5.91 Å². The number of amides is 1.